The summed E-state index contributed by atoms with van der Waals surface area (Å²) in [5.74, 6) is -1.52. The lowest BCUT2D eigenvalue weighted by Gasteiger charge is -2.17. The van der Waals surface area contributed by atoms with Gasteiger partial charge in [-0.3, -0.25) is 9.59 Å². The molecule has 31 heavy (non-hydrogen) atoms. The van der Waals surface area contributed by atoms with Crippen LogP contribution in [-0.2, 0) is 6.54 Å². The molecule has 0 fully saturated rings. The summed E-state index contributed by atoms with van der Waals surface area (Å²) in [4.78, 5) is 37.1. The number of Topliss-reactive ketones (excluding diaryl/α,β-unsaturated/α-hetero) is 1. The standard InChI is InChI=1S/C22H20ClN3O5/c1-4-26-21(28)20(18(12(2)27)19(25-26)13-8-6-5-7-9-13)24-16-11-17(31-3)14(22(29)30)10-15(16)23/h5-11,24H,4H2,1-3H3,(H,29,30). The average molecular weight is 442 g/mol. The third-order valence-electron chi connectivity index (χ3n) is 4.63. The van der Waals surface area contributed by atoms with Crippen LogP contribution in [0.1, 0.15) is 34.6 Å². The van der Waals surface area contributed by atoms with Gasteiger partial charge in [-0.15, -0.1) is 0 Å². The zero-order valence-electron chi connectivity index (χ0n) is 17.1. The number of aromatic nitrogens is 2. The van der Waals surface area contributed by atoms with E-state index in [9.17, 15) is 19.5 Å². The highest BCUT2D eigenvalue weighted by Crippen LogP contribution is 2.34. The van der Waals surface area contributed by atoms with E-state index in [1.54, 1.807) is 19.1 Å². The molecule has 0 aliphatic heterocycles. The summed E-state index contributed by atoms with van der Waals surface area (Å²) in [6.45, 7) is 3.39. The molecule has 1 aromatic heterocycles. The molecule has 0 aliphatic rings. The van der Waals surface area contributed by atoms with Gasteiger partial charge >= 0.3 is 5.97 Å². The first kappa shape index (κ1) is 22.0. The Morgan fingerprint density at radius 1 is 1.23 bits per heavy atom. The number of halogens is 1. The molecular weight excluding hydrogens is 422 g/mol. The number of carbonyl (C=O) groups is 2. The average Bonchev–Trinajstić information content (AvgIpc) is 2.76. The summed E-state index contributed by atoms with van der Waals surface area (Å²) >= 11 is 6.28. The van der Waals surface area contributed by atoms with Crippen LogP contribution in [0.3, 0.4) is 0 Å². The van der Waals surface area contributed by atoms with Crippen molar-refractivity contribution >= 4 is 34.7 Å². The van der Waals surface area contributed by atoms with Gasteiger partial charge in [-0.2, -0.15) is 5.10 Å². The van der Waals surface area contributed by atoms with Gasteiger partial charge in [-0.25, -0.2) is 9.48 Å². The number of ketones is 1. The molecule has 2 aromatic carbocycles. The molecule has 3 aromatic rings. The van der Waals surface area contributed by atoms with E-state index in [-0.39, 0.29) is 45.6 Å². The van der Waals surface area contributed by atoms with E-state index >= 15 is 0 Å². The van der Waals surface area contributed by atoms with Crippen molar-refractivity contribution in [2.75, 3.05) is 12.4 Å². The lowest BCUT2D eigenvalue weighted by molar-refractivity contribution is 0.0693. The number of carboxylic acid groups (broad SMARTS) is 1. The van der Waals surface area contributed by atoms with Crippen LogP contribution in [0.4, 0.5) is 11.4 Å². The molecule has 1 heterocycles. The third-order valence-corrected chi connectivity index (χ3v) is 4.95. The van der Waals surface area contributed by atoms with Crippen molar-refractivity contribution in [3.05, 3.63) is 69.0 Å². The Bertz CT molecular complexity index is 1220. The van der Waals surface area contributed by atoms with Crippen LogP contribution >= 0.6 is 11.6 Å². The predicted octanol–water partition coefficient (Wildman–Crippen LogP) is 4.24. The zero-order valence-corrected chi connectivity index (χ0v) is 17.9. The van der Waals surface area contributed by atoms with Gasteiger partial charge in [0.05, 0.1) is 23.4 Å². The maximum atomic E-state index is 13.1. The first-order valence-electron chi connectivity index (χ1n) is 9.37. The van der Waals surface area contributed by atoms with E-state index in [1.165, 1.54) is 30.8 Å². The third kappa shape index (κ3) is 4.29. The zero-order chi connectivity index (χ0) is 22.7. The molecule has 160 valence electrons. The largest absolute Gasteiger partial charge is 0.496 e. The Hall–Kier alpha value is -3.65. The van der Waals surface area contributed by atoms with Gasteiger partial charge in [-0.05, 0) is 19.9 Å². The van der Waals surface area contributed by atoms with E-state index in [1.807, 2.05) is 18.2 Å². The Kier molecular flexibility index (Phi) is 6.41. The van der Waals surface area contributed by atoms with Crippen molar-refractivity contribution in [3.8, 4) is 17.0 Å². The number of aryl methyl sites for hydroxylation is 1. The minimum absolute atomic E-state index is 0.00442. The summed E-state index contributed by atoms with van der Waals surface area (Å²) in [6.07, 6.45) is 0. The topological polar surface area (TPSA) is 111 Å². The van der Waals surface area contributed by atoms with Gasteiger partial charge in [0.2, 0.25) is 0 Å². The molecule has 0 radical (unpaired) electrons. The number of hydrogen-bond acceptors (Lipinski definition) is 6. The number of rotatable bonds is 7. The highest BCUT2D eigenvalue weighted by Gasteiger charge is 2.23. The first-order chi connectivity index (χ1) is 14.8. The van der Waals surface area contributed by atoms with Crippen LogP contribution in [0.15, 0.2) is 47.3 Å². The fourth-order valence-electron chi connectivity index (χ4n) is 3.16. The van der Waals surface area contributed by atoms with Crippen molar-refractivity contribution in [2.24, 2.45) is 0 Å². The molecule has 0 atom stereocenters. The van der Waals surface area contributed by atoms with Crippen molar-refractivity contribution in [1.29, 1.82) is 0 Å². The Morgan fingerprint density at radius 3 is 2.45 bits per heavy atom. The fraction of sp³-hybridized carbons (Fsp3) is 0.182. The molecule has 0 aliphatic carbocycles. The van der Waals surface area contributed by atoms with E-state index in [2.05, 4.69) is 10.4 Å². The number of anilines is 2. The number of methoxy groups -OCH3 is 1. The number of nitrogens with zero attached hydrogens (tertiary/aromatic N) is 2. The molecule has 0 saturated carbocycles. The van der Waals surface area contributed by atoms with Crippen LogP contribution in [0.5, 0.6) is 5.75 Å². The number of aromatic carboxylic acids is 1. The molecular formula is C22H20ClN3O5. The van der Waals surface area contributed by atoms with E-state index < -0.39 is 11.5 Å². The lowest BCUT2D eigenvalue weighted by Crippen LogP contribution is -2.28. The smallest absolute Gasteiger partial charge is 0.339 e. The van der Waals surface area contributed by atoms with Crippen molar-refractivity contribution in [1.82, 2.24) is 9.78 Å². The normalized spacial score (nSPS) is 10.6. The van der Waals surface area contributed by atoms with Crippen LogP contribution in [0.25, 0.3) is 11.3 Å². The van der Waals surface area contributed by atoms with Crippen LogP contribution in [-0.4, -0.2) is 33.7 Å². The van der Waals surface area contributed by atoms with Crippen molar-refractivity contribution < 1.29 is 19.4 Å². The van der Waals surface area contributed by atoms with E-state index in [0.717, 1.165) is 0 Å². The fourth-order valence-corrected chi connectivity index (χ4v) is 3.37. The van der Waals surface area contributed by atoms with E-state index in [0.29, 0.717) is 11.3 Å². The minimum Gasteiger partial charge on any atom is -0.496 e. The monoisotopic (exact) mass is 441 g/mol. The van der Waals surface area contributed by atoms with Crippen LogP contribution < -0.4 is 15.6 Å². The Morgan fingerprint density at radius 2 is 1.90 bits per heavy atom. The summed E-state index contributed by atoms with van der Waals surface area (Å²) in [6, 6.07) is 11.6. The van der Waals surface area contributed by atoms with Gasteiger partial charge in [0.15, 0.2) is 5.78 Å². The SMILES string of the molecule is CCn1nc(-c2ccccc2)c(C(C)=O)c(Nc2cc(OC)c(C(=O)O)cc2Cl)c1=O. The molecule has 2 N–H and O–H groups in total. The summed E-state index contributed by atoms with van der Waals surface area (Å²) in [5, 5.41) is 16.7. The molecule has 0 bridgehead atoms. The second-order valence-electron chi connectivity index (χ2n) is 6.60. The van der Waals surface area contributed by atoms with Gasteiger partial charge in [0.1, 0.15) is 22.7 Å². The number of ether oxygens (including phenoxy) is 1. The van der Waals surface area contributed by atoms with Gasteiger partial charge in [0.25, 0.3) is 5.56 Å². The van der Waals surface area contributed by atoms with Gasteiger partial charge < -0.3 is 15.2 Å². The summed E-state index contributed by atoms with van der Waals surface area (Å²) in [5.41, 5.74) is 0.704. The number of hydrogen-bond donors (Lipinski definition) is 2. The van der Waals surface area contributed by atoms with Crippen LogP contribution in [0.2, 0.25) is 5.02 Å². The van der Waals surface area contributed by atoms with Crippen LogP contribution in [0, 0.1) is 0 Å². The maximum Gasteiger partial charge on any atom is 0.339 e. The highest BCUT2D eigenvalue weighted by atomic mass is 35.5. The summed E-state index contributed by atoms with van der Waals surface area (Å²) in [7, 11) is 1.32. The van der Waals surface area contributed by atoms with Gasteiger partial charge in [-0.1, -0.05) is 41.9 Å². The molecule has 8 nitrogen and oxygen atoms in total. The van der Waals surface area contributed by atoms with Gasteiger partial charge in [0, 0.05) is 18.2 Å². The molecule has 0 saturated heterocycles. The predicted molar refractivity (Wildman–Crippen MR) is 118 cm³/mol. The number of nitrogens with one attached hydrogen (secondary N) is 1. The Balaban J connectivity index is 2.28. The summed E-state index contributed by atoms with van der Waals surface area (Å²) < 4.78 is 6.39. The van der Waals surface area contributed by atoms with E-state index in [4.69, 9.17) is 16.3 Å². The molecule has 0 spiro atoms. The second-order valence-corrected chi connectivity index (χ2v) is 7.01. The Labute approximate surface area is 183 Å². The van der Waals surface area contributed by atoms with Crippen molar-refractivity contribution in [3.63, 3.8) is 0 Å². The maximum absolute atomic E-state index is 13.1. The molecule has 3 rings (SSSR count). The second kappa shape index (κ2) is 9.01. The van der Waals surface area contributed by atoms with Crippen molar-refractivity contribution in [2.45, 2.75) is 20.4 Å². The first-order valence-corrected chi connectivity index (χ1v) is 9.75. The highest BCUT2D eigenvalue weighted by molar-refractivity contribution is 6.34. The number of carboxylic acids is 1. The molecule has 0 amide bonds. The number of benzene rings is 2. The molecule has 9 heteroatoms. The number of carbonyl (C=O) groups excluding carboxylic acids is 1. The quantitative estimate of drug-likeness (QED) is 0.527. The molecule has 0 unspecified atom stereocenters. The minimum atomic E-state index is -1.21. The lowest BCUT2D eigenvalue weighted by atomic mass is 10.0.